The Bertz CT molecular complexity index is 1020. The van der Waals surface area contributed by atoms with Crippen molar-refractivity contribution in [1.82, 2.24) is 29.8 Å². The predicted molar refractivity (Wildman–Crippen MR) is 105 cm³/mol. The van der Waals surface area contributed by atoms with Gasteiger partial charge >= 0.3 is 0 Å². The lowest BCUT2D eigenvalue weighted by Crippen LogP contribution is -2.48. The fourth-order valence-electron chi connectivity index (χ4n) is 3.20. The summed E-state index contributed by atoms with van der Waals surface area (Å²) in [5, 5.41) is 8.57. The number of carbonyl (C=O) groups excluding carboxylic acids is 1. The Morgan fingerprint density at radius 1 is 1.33 bits per heavy atom. The summed E-state index contributed by atoms with van der Waals surface area (Å²) in [4.78, 5) is 23.0. The van der Waals surface area contributed by atoms with Gasteiger partial charge < -0.3 is 5.32 Å². The van der Waals surface area contributed by atoms with E-state index in [0.717, 1.165) is 29.1 Å². The van der Waals surface area contributed by atoms with Crippen LogP contribution in [-0.4, -0.2) is 42.3 Å². The molecule has 2 aromatic heterocycles. The van der Waals surface area contributed by atoms with Gasteiger partial charge in [-0.15, -0.1) is 11.7 Å². The number of hydrogen-bond acceptors (Lipinski definition) is 6. The summed E-state index contributed by atoms with van der Waals surface area (Å²) in [6, 6.07) is 0. The van der Waals surface area contributed by atoms with Gasteiger partial charge in [0.15, 0.2) is 0 Å². The van der Waals surface area contributed by atoms with E-state index < -0.39 is 0 Å². The molecule has 1 atom stereocenters. The number of rotatable bonds is 5. The quantitative estimate of drug-likeness (QED) is 0.634. The lowest BCUT2D eigenvalue weighted by molar-refractivity contribution is -0.125. The molecular weight excluding hydrogens is 360 g/mol. The summed E-state index contributed by atoms with van der Waals surface area (Å²) in [5.41, 5.74) is 3.96. The third kappa shape index (κ3) is 3.28. The highest BCUT2D eigenvalue weighted by Crippen LogP contribution is 2.22. The van der Waals surface area contributed by atoms with Crippen LogP contribution in [0.2, 0.25) is 0 Å². The smallest absolute Gasteiger partial charge is 0.254 e. The Morgan fingerprint density at radius 2 is 2.19 bits per heavy atom. The number of aryl methyl sites for hydroxylation is 2. The monoisotopic (exact) mass is 380 g/mol. The molecule has 0 saturated carbocycles. The molecule has 0 spiro atoms. The van der Waals surface area contributed by atoms with Crippen molar-refractivity contribution in [2.24, 2.45) is 0 Å². The molecule has 2 aliphatic heterocycles. The number of hydrogen-bond donors (Lipinski definition) is 1. The van der Waals surface area contributed by atoms with E-state index in [1.165, 1.54) is 11.8 Å². The highest BCUT2D eigenvalue weighted by atomic mass is 32.2. The van der Waals surface area contributed by atoms with Gasteiger partial charge in [0.05, 0.1) is 0 Å². The predicted octanol–water partition coefficient (Wildman–Crippen LogP) is 2.29. The second-order valence-corrected chi connectivity index (χ2v) is 7.32. The van der Waals surface area contributed by atoms with Gasteiger partial charge in [0.1, 0.15) is 6.17 Å². The first kappa shape index (κ1) is 17.5. The second kappa shape index (κ2) is 7.03. The molecule has 7 nitrogen and oxygen atoms in total. The Labute approximate surface area is 161 Å². The molecule has 4 heterocycles. The molecule has 0 saturated heterocycles. The zero-order valence-electron chi connectivity index (χ0n) is 15.2. The van der Waals surface area contributed by atoms with E-state index in [4.69, 9.17) is 0 Å². The number of thioether (sulfide) groups is 1. The summed E-state index contributed by atoms with van der Waals surface area (Å²) >= 11 is 1.48. The van der Waals surface area contributed by atoms with Gasteiger partial charge in [0, 0.05) is 35.1 Å². The minimum atomic E-state index is -0.134. The van der Waals surface area contributed by atoms with Crippen LogP contribution in [0.4, 0.5) is 0 Å². The number of aromatic nitrogens is 4. The Kier molecular flexibility index (Phi) is 4.57. The van der Waals surface area contributed by atoms with Crippen LogP contribution in [0.15, 0.2) is 54.0 Å². The Morgan fingerprint density at radius 3 is 3.00 bits per heavy atom. The van der Waals surface area contributed by atoms with Crippen molar-refractivity contribution < 1.29 is 4.79 Å². The zero-order valence-corrected chi connectivity index (χ0v) is 16.0. The van der Waals surface area contributed by atoms with Crippen LogP contribution < -0.4 is 5.32 Å². The number of fused-ring (bicyclic) bond motifs is 2. The standard InChI is InChI=1S/C19H20N6OS/c1-4-7-15-12(2)20-18-22-19(23-25(18)13(15)3)27-11-14-10-17(26)24-9-6-5-8-16(24)21-14/h4-6,8-10,16,21H,1,7,11H2,2-3H3. The first-order valence-electron chi connectivity index (χ1n) is 8.68. The van der Waals surface area contributed by atoms with Crippen LogP contribution in [0.5, 0.6) is 0 Å². The van der Waals surface area contributed by atoms with Gasteiger partial charge in [-0.05, 0) is 38.0 Å². The number of nitrogens with one attached hydrogen (secondary N) is 1. The molecule has 1 N–H and O–H groups in total. The fourth-order valence-corrected chi connectivity index (χ4v) is 3.93. The molecule has 138 valence electrons. The van der Waals surface area contributed by atoms with Gasteiger partial charge in [0.25, 0.3) is 11.7 Å². The molecule has 0 aromatic carbocycles. The van der Waals surface area contributed by atoms with E-state index in [1.54, 1.807) is 21.7 Å². The van der Waals surface area contributed by atoms with E-state index in [0.29, 0.717) is 16.7 Å². The van der Waals surface area contributed by atoms with Crippen molar-refractivity contribution in [1.29, 1.82) is 0 Å². The first-order chi connectivity index (χ1) is 13.1. The summed E-state index contributed by atoms with van der Waals surface area (Å²) in [6.45, 7) is 7.81. The van der Waals surface area contributed by atoms with Gasteiger partial charge in [-0.2, -0.15) is 4.98 Å². The molecule has 0 aliphatic carbocycles. The molecule has 0 fully saturated rings. The fraction of sp³-hybridized carbons (Fsp3) is 0.263. The van der Waals surface area contributed by atoms with Crippen molar-refractivity contribution in [3.63, 3.8) is 0 Å². The van der Waals surface area contributed by atoms with Crippen LogP contribution in [-0.2, 0) is 11.2 Å². The van der Waals surface area contributed by atoms with Crippen molar-refractivity contribution in [2.45, 2.75) is 31.6 Å². The maximum absolute atomic E-state index is 12.2. The largest absolute Gasteiger partial charge is 0.364 e. The highest BCUT2D eigenvalue weighted by Gasteiger charge is 2.25. The molecule has 0 bridgehead atoms. The number of amides is 1. The Hall–Kier alpha value is -2.87. The normalized spacial score (nSPS) is 18.4. The van der Waals surface area contributed by atoms with E-state index in [2.05, 4.69) is 27.0 Å². The van der Waals surface area contributed by atoms with Gasteiger partial charge in [-0.1, -0.05) is 23.9 Å². The van der Waals surface area contributed by atoms with Crippen LogP contribution in [0, 0.1) is 13.8 Å². The summed E-state index contributed by atoms with van der Waals surface area (Å²) in [6.07, 6.45) is 11.6. The lowest BCUT2D eigenvalue weighted by Gasteiger charge is -2.33. The second-order valence-electron chi connectivity index (χ2n) is 6.38. The number of carbonyl (C=O) groups is 1. The van der Waals surface area contributed by atoms with Crippen LogP contribution >= 0.6 is 11.8 Å². The third-order valence-corrected chi connectivity index (χ3v) is 5.46. The molecule has 1 unspecified atom stereocenters. The first-order valence-corrected chi connectivity index (χ1v) is 9.66. The number of nitrogens with zero attached hydrogens (tertiary/aromatic N) is 5. The van der Waals surface area contributed by atoms with Crippen molar-refractivity contribution in [2.75, 3.05) is 5.75 Å². The molecule has 2 aliphatic rings. The van der Waals surface area contributed by atoms with Crippen molar-refractivity contribution in [3.05, 3.63) is 65.8 Å². The SMILES string of the molecule is C=CCc1c(C)nc2nc(SCC3=CC(=O)N4C=CC=CC4N3)nn2c1C. The Balaban J connectivity index is 1.53. The van der Waals surface area contributed by atoms with Gasteiger partial charge in [0.2, 0.25) is 5.16 Å². The minimum absolute atomic E-state index is 0.0277. The zero-order chi connectivity index (χ0) is 19.0. The molecule has 4 rings (SSSR count). The summed E-state index contributed by atoms with van der Waals surface area (Å²) in [7, 11) is 0. The van der Waals surface area contributed by atoms with Crippen LogP contribution in [0.3, 0.4) is 0 Å². The highest BCUT2D eigenvalue weighted by molar-refractivity contribution is 7.99. The van der Waals surface area contributed by atoms with Crippen molar-refractivity contribution >= 4 is 23.4 Å². The molecule has 1 amide bonds. The summed E-state index contributed by atoms with van der Waals surface area (Å²) in [5.74, 6) is 1.15. The van der Waals surface area contributed by atoms with Gasteiger partial charge in [-0.25, -0.2) is 9.50 Å². The number of allylic oxidation sites excluding steroid dienone is 3. The maximum Gasteiger partial charge on any atom is 0.254 e. The topological polar surface area (TPSA) is 75.4 Å². The molecule has 27 heavy (non-hydrogen) atoms. The molecule has 2 aromatic rings. The third-order valence-electron chi connectivity index (χ3n) is 4.57. The van der Waals surface area contributed by atoms with E-state index in [9.17, 15) is 4.79 Å². The summed E-state index contributed by atoms with van der Waals surface area (Å²) < 4.78 is 1.78. The lowest BCUT2D eigenvalue weighted by atomic mass is 10.1. The van der Waals surface area contributed by atoms with Crippen LogP contribution in [0.1, 0.15) is 17.0 Å². The van der Waals surface area contributed by atoms with Crippen LogP contribution in [0.25, 0.3) is 5.78 Å². The van der Waals surface area contributed by atoms with E-state index in [-0.39, 0.29) is 12.1 Å². The van der Waals surface area contributed by atoms with E-state index in [1.807, 2.05) is 38.2 Å². The average Bonchev–Trinajstić information content (AvgIpc) is 3.06. The van der Waals surface area contributed by atoms with E-state index >= 15 is 0 Å². The average molecular weight is 380 g/mol. The minimum Gasteiger partial charge on any atom is -0.364 e. The van der Waals surface area contributed by atoms with Crippen molar-refractivity contribution in [3.8, 4) is 0 Å². The maximum atomic E-state index is 12.2. The molecule has 0 radical (unpaired) electrons. The van der Waals surface area contributed by atoms with Gasteiger partial charge in [-0.3, -0.25) is 9.69 Å². The molecule has 8 heteroatoms. The molecular formula is C19H20N6OS.